The van der Waals surface area contributed by atoms with Crippen molar-refractivity contribution in [2.24, 2.45) is 5.92 Å². The molecule has 0 aromatic heterocycles. The second-order valence-electron chi connectivity index (χ2n) is 4.16. The highest BCUT2D eigenvalue weighted by Crippen LogP contribution is 2.23. The number of hydrogen-bond donors (Lipinski definition) is 1. The Morgan fingerprint density at radius 3 is 2.93 bits per heavy atom. The molecule has 1 unspecified atom stereocenters. The predicted molar refractivity (Wildman–Crippen MR) is 59.5 cm³/mol. The van der Waals surface area contributed by atoms with Crippen molar-refractivity contribution < 1.29 is 4.79 Å². The molecule has 0 saturated carbocycles. The van der Waals surface area contributed by atoms with Crippen molar-refractivity contribution in [1.29, 1.82) is 0 Å². The fourth-order valence-electron chi connectivity index (χ4n) is 2.16. The van der Waals surface area contributed by atoms with Crippen LogP contribution in [0.5, 0.6) is 0 Å². The highest BCUT2D eigenvalue weighted by atomic mass is 32.2. The first-order valence-electron chi connectivity index (χ1n) is 5.34. The van der Waals surface area contributed by atoms with E-state index in [9.17, 15) is 4.79 Å². The van der Waals surface area contributed by atoms with Gasteiger partial charge in [0.25, 0.3) is 0 Å². The number of nitrogens with zero attached hydrogens (tertiary/aromatic N) is 1. The summed E-state index contributed by atoms with van der Waals surface area (Å²) >= 11 is 1.96. The van der Waals surface area contributed by atoms with Crippen LogP contribution < -0.4 is 5.32 Å². The lowest BCUT2D eigenvalue weighted by Gasteiger charge is -2.26. The number of thioether (sulfide) groups is 1. The van der Waals surface area contributed by atoms with Crippen molar-refractivity contribution in [3.63, 3.8) is 0 Å². The van der Waals surface area contributed by atoms with Crippen LogP contribution in [-0.4, -0.2) is 48.5 Å². The summed E-state index contributed by atoms with van der Waals surface area (Å²) in [6.07, 6.45) is 2.19. The van der Waals surface area contributed by atoms with Gasteiger partial charge < -0.3 is 10.2 Å². The van der Waals surface area contributed by atoms with E-state index in [0.717, 1.165) is 25.3 Å². The van der Waals surface area contributed by atoms with Crippen LogP contribution in [0.3, 0.4) is 0 Å². The molecule has 2 rings (SSSR count). The van der Waals surface area contributed by atoms with Crippen LogP contribution in [0.15, 0.2) is 0 Å². The summed E-state index contributed by atoms with van der Waals surface area (Å²) in [6.45, 7) is 1.88. The zero-order valence-corrected chi connectivity index (χ0v) is 9.48. The van der Waals surface area contributed by atoms with Crippen LogP contribution in [0.2, 0.25) is 0 Å². The number of carbonyl (C=O) groups excluding carboxylic acids is 1. The van der Waals surface area contributed by atoms with Crippen LogP contribution in [0.1, 0.15) is 12.8 Å². The number of rotatable bonds is 2. The highest BCUT2D eigenvalue weighted by Gasteiger charge is 2.30. The Hall–Kier alpha value is -0.220. The third-order valence-corrected chi connectivity index (χ3v) is 4.36. The Bertz CT molecular complexity index is 210. The first-order chi connectivity index (χ1) is 6.79. The van der Waals surface area contributed by atoms with Crippen LogP contribution >= 0.6 is 11.8 Å². The van der Waals surface area contributed by atoms with Crippen molar-refractivity contribution in [2.75, 3.05) is 31.6 Å². The first kappa shape index (κ1) is 10.3. The Labute approximate surface area is 89.6 Å². The minimum Gasteiger partial charge on any atom is -0.342 e. The molecule has 0 aromatic carbocycles. The second kappa shape index (κ2) is 4.53. The minimum absolute atomic E-state index is 0.241. The molecule has 80 valence electrons. The Kier molecular flexibility index (Phi) is 3.34. The van der Waals surface area contributed by atoms with Gasteiger partial charge in [-0.3, -0.25) is 4.79 Å². The van der Waals surface area contributed by atoms with Crippen LogP contribution in [-0.2, 0) is 4.79 Å². The quantitative estimate of drug-likeness (QED) is 0.729. The summed E-state index contributed by atoms with van der Waals surface area (Å²) in [7, 11) is 1.97. The van der Waals surface area contributed by atoms with Gasteiger partial charge in [-0.25, -0.2) is 0 Å². The first-order valence-corrected chi connectivity index (χ1v) is 6.49. The predicted octanol–water partition coefficient (Wildman–Crippen LogP) is 0.560. The van der Waals surface area contributed by atoms with Gasteiger partial charge in [0.2, 0.25) is 5.91 Å². The van der Waals surface area contributed by atoms with Crippen molar-refractivity contribution in [2.45, 2.75) is 18.9 Å². The zero-order valence-electron chi connectivity index (χ0n) is 8.66. The SMILES string of the molecule is CN(C(=O)[C@H]1CCNC1)C1CCSC1. The zero-order chi connectivity index (χ0) is 9.97. The topological polar surface area (TPSA) is 32.3 Å². The van der Waals surface area contributed by atoms with E-state index in [-0.39, 0.29) is 5.92 Å². The highest BCUT2D eigenvalue weighted by molar-refractivity contribution is 7.99. The molecule has 4 heteroatoms. The van der Waals surface area contributed by atoms with E-state index >= 15 is 0 Å². The summed E-state index contributed by atoms with van der Waals surface area (Å²) in [5.41, 5.74) is 0. The van der Waals surface area contributed by atoms with Gasteiger partial charge in [-0.15, -0.1) is 0 Å². The molecule has 2 fully saturated rings. The third kappa shape index (κ3) is 2.06. The van der Waals surface area contributed by atoms with Crippen molar-refractivity contribution in [1.82, 2.24) is 10.2 Å². The molecule has 2 aliphatic rings. The van der Waals surface area contributed by atoms with Gasteiger partial charge in [0.05, 0.1) is 5.92 Å². The monoisotopic (exact) mass is 214 g/mol. The van der Waals surface area contributed by atoms with Gasteiger partial charge in [-0.05, 0) is 25.1 Å². The number of nitrogens with one attached hydrogen (secondary N) is 1. The molecule has 1 amide bonds. The molecule has 0 spiro atoms. The van der Waals surface area contributed by atoms with Crippen molar-refractivity contribution in [3.05, 3.63) is 0 Å². The van der Waals surface area contributed by atoms with E-state index in [4.69, 9.17) is 0 Å². The van der Waals surface area contributed by atoms with Crippen LogP contribution in [0, 0.1) is 5.92 Å². The number of carbonyl (C=O) groups is 1. The molecule has 2 atom stereocenters. The summed E-state index contributed by atoms with van der Waals surface area (Å²) in [5, 5.41) is 3.25. The van der Waals surface area contributed by atoms with Crippen LogP contribution in [0.4, 0.5) is 0 Å². The van der Waals surface area contributed by atoms with Gasteiger partial charge >= 0.3 is 0 Å². The van der Waals surface area contributed by atoms with E-state index in [0.29, 0.717) is 11.9 Å². The molecule has 0 aliphatic carbocycles. The standard InChI is InChI=1S/C10H18N2OS/c1-12(9-3-5-14-7-9)10(13)8-2-4-11-6-8/h8-9,11H,2-7H2,1H3/t8-,9?/m0/s1. The van der Waals surface area contributed by atoms with Gasteiger partial charge in [-0.2, -0.15) is 11.8 Å². The molecule has 0 radical (unpaired) electrons. The van der Waals surface area contributed by atoms with Gasteiger partial charge in [0.15, 0.2) is 0 Å². The smallest absolute Gasteiger partial charge is 0.227 e. The molecular formula is C10H18N2OS. The fraction of sp³-hybridized carbons (Fsp3) is 0.900. The molecule has 14 heavy (non-hydrogen) atoms. The van der Waals surface area contributed by atoms with Gasteiger partial charge in [-0.1, -0.05) is 0 Å². The maximum atomic E-state index is 12.0. The van der Waals surface area contributed by atoms with Gasteiger partial charge in [0.1, 0.15) is 0 Å². The lowest BCUT2D eigenvalue weighted by molar-refractivity contribution is -0.135. The number of amides is 1. The summed E-state index contributed by atoms with van der Waals surface area (Å²) in [4.78, 5) is 14.0. The summed E-state index contributed by atoms with van der Waals surface area (Å²) in [6, 6.07) is 0.494. The second-order valence-corrected chi connectivity index (χ2v) is 5.31. The van der Waals surface area contributed by atoms with E-state index in [1.165, 1.54) is 12.2 Å². The summed E-state index contributed by atoms with van der Waals surface area (Å²) < 4.78 is 0. The van der Waals surface area contributed by atoms with E-state index < -0.39 is 0 Å². The lowest BCUT2D eigenvalue weighted by Crippen LogP contribution is -2.41. The minimum atomic E-state index is 0.241. The molecule has 1 N–H and O–H groups in total. The van der Waals surface area contributed by atoms with E-state index in [1.54, 1.807) is 0 Å². The fourth-order valence-corrected chi connectivity index (χ4v) is 3.43. The maximum Gasteiger partial charge on any atom is 0.227 e. The Morgan fingerprint density at radius 2 is 2.36 bits per heavy atom. The van der Waals surface area contributed by atoms with Crippen LogP contribution in [0.25, 0.3) is 0 Å². The molecule has 2 aliphatic heterocycles. The van der Waals surface area contributed by atoms with Crippen molar-refractivity contribution in [3.8, 4) is 0 Å². The Balaban J connectivity index is 1.89. The van der Waals surface area contributed by atoms with Crippen molar-refractivity contribution >= 4 is 17.7 Å². The molecule has 2 heterocycles. The summed E-state index contributed by atoms with van der Waals surface area (Å²) in [5.74, 6) is 2.93. The van der Waals surface area contributed by atoms with Gasteiger partial charge in [0, 0.05) is 25.4 Å². The lowest BCUT2D eigenvalue weighted by atomic mass is 10.1. The molecule has 0 bridgehead atoms. The van der Waals surface area contributed by atoms with E-state index in [2.05, 4.69) is 5.32 Å². The average molecular weight is 214 g/mol. The molecule has 0 aromatic rings. The number of hydrogen-bond acceptors (Lipinski definition) is 3. The van der Waals surface area contributed by atoms with E-state index in [1.807, 2.05) is 23.7 Å². The Morgan fingerprint density at radius 1 is 1.50 bits per heavy atom. The molecule has 2 saturated heterocycles. The third-order valence-electron chi connectivity index (χ3n) is 3.21. The largest absolute Gasteiger partial charge is 0.342 e. The molecule has 3 nitrogen and oxygen atoms in total. The maximum absolute atomic E-state index is 12.0. The average Bonchev–Trinajstić information content (AvgIpc) is 2.87. The molecular weight excluding hydrogens is 196 g/mol. The normalized spacial score (nSPS) is 32.1.